The van der Waals surface area contributed by atoms with Gasteiger partial charge in [-0.15, -0.1) is 0 Å². The first-order valence-electron chi connectivity index (χ1n) is 5.55. The molecule has 1 aromatic carbocycles. The van der Waals surface area contributed by atoms with Gasteiger partial charge in [-0.2, -0.15) is 0 Å². The molecule has 0 aliphatic carbocycles. The molecule has 0 fully saturated rings. The lowest BCUT2D eigenvalue weighted by atomic mass is 9.76. The monoisotopic (exact) mass is 458 g/mol. The van der Waals surface area contributed by atoms with Crippen molar-refractivity contribution in [1.82, 2.24) is 0 Å². The molecule has 0 saturated heterocycles. The lowest BCUT2D eigenvalue weighted by Gasteiger charge is -2.35. The maximum atomic E-state index is 12.3. The summed E-state index contributed by atoms with van der Waals surface area (Å²) in [5.74, 6) is 0.419. The molecule has 1 heterocycles. The van der Waals surface area contributed by atoms with Gasteiger partial charge in [0.1, 0.15) is 11.2 Å². The van der Waals surface area contributed by atoms with Crippen LogP contribution >= 0.6 is 46.3 Å². The molecule has 1 aliphatic rings. The van der Waals surface area contributed by atoms with E-state index in [2.05, 4.69) is 15.9 Å². The van der Waals surface area contributed by atoms with Gasteiger partial charge in [-0.3, -0.25) is 4.79 Å². The largest absolute Gasteiger partial charge is 0.493 e. The van der Waals surface area contributed by atoms with Crippen LogP contribution < -0.4 is 4.74 Å². The van der Waals surface area contributed by atoms with Crippen LogP contribution in [0.15, 0.2) is 22.7 Å². The fraction of sp³-hybridized carbons (Fsp3) is 0.417. The number of carbonyl (C=O) groups excluding carboxylic acids is 1. The average molecular weight is 459 g/mol. The Morgan fingerprint density at radius 3 is 3.11 bits per heavy atom. The van der Waals surface area contributed by atoms with Gasteiger partial charge in [0.05, 0.1) is 29.5 Å². The number of carbonyl (C=O) groups is 1. The van der Waals surface area contributed by atoms with Crippen LogP contribution in [0, 0.1) is 0 Å². The van der Waals surface area contributed by atoms with E-state index in [-0.39, 0.29) is 12.6 Å². The number of ether oxygens (including phenoxy) is 2. The van der Waals surface area contributed by atoms with E-state index in [9.17, 15) is 4.79 Å². The van der Waals surface area contributed by atoms with Gasteiger partial charge in [0.15, 0.2) is 0 Å². The summed E-state index contributed by atoms with van der Waals surface area (Å²) in [5.41, 5.74) is 0.00927. The topological polar surface area (TPSA) is 44.8 Å². The van der Waals surface area contributed by atoms with Gasteiger partial charge >= 0.3 is 5.97 Å². The maximum Gasteiger partial charge on any atom is 0.318 e. The number of esters is 1. The zero-order valence-electron chi connectivity index (χ0n) is 10.2. The molecular formula is C12H12BrIO4S. The molecule has 1 aliphatic heterocycles. The second kappa shape index (κ2) is 6.64. The number of methoxy groups -OCH3 is 1. The highest BCUT2D eigenvalue weighted by Crippen LogP contribution is 2.42. The lowest BCUT2D eigenvalue weighted by Crippen LogP contribution is -2.44. The molecule has 0 bridgehead atoms. The molecule has 1 atom stereocenters. The van der Waals surface area contributed by atoms with Crippen molar-refractivity contribution in [2.45, 2.75) is 11.8 Å². The van der Waals surface area contributed by atoms with Crippen LogP contribution in [0.1, 0.15) is 12.0 Å². The molecule has 4 nitrogen and oxygen atoms in total. The summed E-state index contributed by atoms with van der Waals surface area (Å²) in [7, 11) is 2.61. The molecule has 104 valence electrons. The number of hydrogen-bond donors (Lipinski definition) is 0. The molecule has 7 heteroatoms. The van der Waals surface area contributed by atoms with Crippen LogP contribution in [0.25, 0.3) is 0 Å². The van der Waals surface area contributed by atoms with E-state index in [1.807, 2.05) is 39.4 Å². The molecule has 2 rings (SSSR count). The number of hydrogen-bond acceptors (Lipinski definition) is 5. The Labute approximate surface area is 136 Å². The zero-order chi connectivity index (χ0) is 13.9. The van der Waals surface area contributed by atoms with E-state index in [1.54, 1.807) is 0 Å². The molecule has 0 aromatic heterocycles. The fourth-order valence-electron chi connectivity index (χ4n) is 2.21. The van der Waals surface area contributed by atoms with E-state index in [0.29, 0.717) is 18.8 Å². The Balaban J connectivity index is 2.50. The van der Waals surface area contributed by atoms with E-state index in [1.165, 1.54) is 16.3 Å². The second-order valence-corrected chi connectivity index (χ2v) is 6.49. The molecule has 0 N–H and O–H groups in total. The second-order valence-electron chi connectivity index (χ2n) is 4.14. The number of fused-ring (bicyclic) bond motifs is 1. The van der Waals surface area contributed by atoms with Crippen LogP contribution in [-0.2, 0) is 19.1 Å². The molecule has 0 spiro atoms. The molecule has 0 saturated carbocycles. The quantitative estimate of drug-likeness (QED) is 0.391. The minimum absolute atomic E-state index is 0.264. The summed E-state index contributed by atoms with van der Waals surface area (Å²) in [6.07, 6.45) is 0.542. The molecule has 0 amide bonds. The van der Waals surface area contributed by atoms with Crippen LogP contribution in [0.2, 0.25) is 0 Å². The van der Waals surface area contributed by atoms with E-state index in [4.69, 9.17) is 13.7 Å². The third-order valence-electron chi connectivity index (χ3n) is 3.17. The van der Waals surface area contributed by atoms with Gasteiger partial charge in [0, 0.05) is 37.7 Å². The van der Waals surface area contributed by atoms with Gasteiger partial charge in [-0.1, -0.05) is 15.9 Å². The van der Waals surface area contributed by atoms with Crippen LogP contribution in [-0.4, -0.2) is 26.3 Å². The summed E-state index contributed by atoms with van der Waals surface area (Å²) in [6.45, 7) is 0.735. The smallest absolute Gasteiger partial charge is 0.318 e. The van der Waals surface area contributed by atoms with E-state index in [0.717, 1.165) is 10.0 Å². The van der Waals surface area contributed by atoms with Crippen molar-refractivity contribution in [2.24, 2.45) is 0 Å². The minimum Gasteiger partial charge on any atom is -0.493 e. The minimum atomic E-state index is -0.801. The van der Waals surface area contributed by atoms with Crippen molar-refractivity contribution < 1.29 is 18.5 Å². The Morgan fingerprint density at radius 1 is 1.63 bits per heavy atom. The van der Waals surface area contributed by atoms with Crippen LogP contribution in [0.3, 0.4) is 0 Å². The third-order valence-corrected chi connectivity index (χ3v) is 4.63. The van der Waals surface area contributed by atoms with Gasteiger partial charge in [-0.25, -0.2) is 0 Å². The summed E-state index contributed by atoms with van der Waals surface area (Å²) in [6, 6.07) is 5.64. The van der Waals surface area contributed by atoms with Gasteiger partial charge in [0.2, 0.25) is 0 Å². The van der Waals surface area contributed by atoms with E-state index >= 15 is 0 Å². The van der Waals surface area contributed by atoms with Crippen molar-refractivity contribution in [3.63, 3.8) is 0 Å². The summed E-state index contributed by atoms with van der Waals surface area (Å²) in [5, 5.41) is 0. The highest BCUT2D eigenvalue weighted by molar-refractivity contribution is 14.2. The third kappa shape index (κ3) is 3.03. The Hall–Kier alpha value is 0.01000. The standard InChI is InChI=1S/C12H12BrIO4S/c1-16-11(15)12(7-18-19-14)4-5-17-10-3-2-8(13)6-9(10)12/h2-3,6H,4-5,7H2,1H3. The molecule has 1 unspecified atom stereocenters. The predicted octanol–water partition coefficient (Wildman–Crippen LogP) is 3.66. The SMILES string of the molecule is COC(=O)C1(COSI)CCOc2ccc(Br)cc21. The van der Waals surface area contributed by atoms with E-state index < -0.39 is 5.41 Å². The van der Waals surface area contributed by atoms with Gasteiger partial charge < -0.3 is 13.7 Å². The molecule has 19 heavy (non-hydrogen) atoms. The first-order chi connectivity index (χ1) is 9.14. The molecule has 1 aromatic rings. The van der Waals surface area contributed by atoms with Crippen molar-refractivity contribution >= 4 is 52.3 Å². The molecular weight excluding hydrogens is 447 g/mol. The van der Waals surface area contributed by atoms with Crippen molar-refractivity contribution in [3.8, 4) is 5.75 Å². The average Bonchev–Trinajstić information content (AvgIpc) is 2.44. The lowest BCUT2D eigenvalue weighted by molar-refractivity contribution is -0.150. The Kier molecular flexibility index (Phi) is 5.38. The number of halogens is 2. The summed E-state index contributed by atoms with van der Waals surface area (Å²) in [4.78, 5) is 12.3. The van der Waals surface area contributed by atoms with Crippen molar-refractivity contribution in [2.75, 3.05) is 20.3 Å². The zero-order valence-corrected chi connectivity index (χ0v) is 14.7. The molecule has 0 radical (unpaired) electrons. The van der Waals surface area contributed by atoms with Crippen molar-refractivity contribution in [3.05, 3.63) is 28.2 Å². The summed E-state index contributed by atoms with van der Waals surface area (Å²) >= 11 is 5.46. The van der Waals surface area contributed by atoms with Gasteiger partial charge in [0.25, 0.3) is 0 Å². The summed E-state index contributed by atoms with van der Waals surface area (Å²) < 4.78 is 16.9. The van der Waals surface area contributed by atoms with Crippen LogP contribution in [0.4, 0.5) is 0 Å². The number of benzene rings is 1. The first kappa shape index (κ1) is 15.4. The normalized spacial score (nSPS) is 21.4. The van der Waals surface area contributed by atoms with Crippen molar-refractivity contribution in [1.29, 1.82) is 0 Å². The fourth-order valence-corrected chi connectivity index (χ4v) is 3.20. The van der Waals surface area contributed by atoms with Gasteiger partial charge in [-0.05, 0) is 18.2 Å². The first-order valence-corrected chi connectivity index (χ1v) is 9.63. The Bertz CT molecular complexity index is 485. The number of rotatable bonds is 4. The van der Waals surface area contributed by atoms with Crippen LogP contribution in [0.5, 0.6) is 5.75 Å². The maximum absolute atomic E-state index is 12.3. The highest BCUT2D eigenvalue weighted by Gasteiger charge is 2.46. The highest BCUT2D eigenvalue weighted by atomic mass is 127. The predicted molar refractivity (Wildman–Crippen MR) is 85.5 cm³/mol. The Morgan fingerprint density at radius 2 is 2.42 bits per heavy atom.